The van der Waals surface area contributed by atoms with Crippen molar-refractivity contribution in [1.29, 1.82) is 0 Å². The Labute approximate surface area is 646 Å². The summed E-state index contributed by atoms with van der Waals surface area (Å²) in [7, 11) is 1.35. The number of ketones is 2. The number of imide groups is 1. The topological polar surface area (TPSA) is 375 Å². The van der Waals surface area contributed by atoms with E-state index >= 15 is 0 Å². The molecule has 11 rings (SSSR count). The van der Waals surface area contributed by atoms with E-state index in [4.69, 9.17) is 47.4 Å². The average Bonchev–Trinajstić information content (AvgIpc) is 1.59. The highest BCUT2D eigenvalue weighted by Gasteiger charge is 2.55. The molecule has 3 fully saturated rings. The van der Waals surface area contributed by atoms with Crippen LogP contribution < -0.4 is 40.4 Å². The number of hydrogen-bond acceptors (Lipinski definition) is 24. The molecule has 29 nitrogen and oxygen atoms in total. The summed E-state index contributed by atoms with van der Waals surface area (Å²) >= 11 is 0.917. The highest BCUT2D eigenvalue weighted by atomic mass is 32.2. The van der Waals surface area contributed by atoms with E-state index < -0.39 is 131 Å². The molecule has 0 aromatic heterocycles. The Hall–Kier alpha value is -9.92. The van der Waals surface area contributed by atoms with Crippen LogP contribution in [0.2, 0.25) is 0 Å². The van der Waals surface area contributed by atoms with Gasteiger partial charge in [-0.3, -0.25) is 43.2 Å². The van der Waals surface area contributed by atoms with Crippen molar-refractivity contribution in [2.24, 2.45) is 17.8 Å². The van der Waals surface area contributed by atoms with Gasteiger partial charge in [0.25, 0.3) is 0 Å². The first-order chi connectivity index (χ1) is 53.2. The highest BCUT2D eigenvalue weighted by Crippen LogP contribution is 2.58. The molecule has 5 aromatic carbocycles. The summed E-state index contributed by atoms with van der Waals surface area (Å²) in [5.41, 5.74) is 3.44. The van der Waals surface area contributed by atoms with Crippen molar-refractivity contribution < 1.29 is 110 Å². The summed E-state index contributed by atoms with van der Waals surface area (Å²) in [6.07, 6.45) is -4.32. The Kier molecular flexibility index (Phi) is 27.0. The number of aliphatic hydroxyl groups excluding tert-OH is 2. The molecule has 111 heavy (non-hydrogen) atoms. The van der Waals surface area contributed by atoms with Gasteiger partial charge in [-0.25, -0.2) is 14.5 Å². The van der Waals surface area contributed by atoms with Crippen molar-refractivity contribution in [1.82, 2.24) is 26.2 Å². The molecule has 1 aliphatic carbocycles. The van der Waals surface area contributed by atoms with Crippen LogP contribution >= 0.6 is 11.8 Å². The predicted octanol–water partition coefficient (Wildman–Crippen LogP) is 6.84. The predicted molar refractivity (Wildman–Crippen MR) is 401 cm³/mol. The van der Waals surface area contributed by atoms with Gasteiger partial charge in [0.2, 0.25) is 35.4 Å². The monoisotopic (exact) mass is 1550 g/mol. The number of anilines is 1. The zero-order chi connectivity index (χ0) is 79.5. The normalized spacial score (nSPS) is 21.8. The number of carbonyl (C=O) groups excluding carboxylic acids is 11. The first-order valence-corrected chi connectivity index (χ1v) is 38.2. The minimum absolute atomic E-state index is 0.00292. The number of amides is 7. The van der Waals surface area contributed by atoms with Crippen molar-refractivity contribution in [3.8, 4) is 34.1 Å². The number of hydrogen-bond donors (Lipinski definition) is 6. The summed E-state index contributed by atoms with van der Waals surface area (Å²) in [4.78, 5) is 154. The molecule has 0 radical (unpaired) electrons. The van der Waals surface area contributed by atoms with Crippen molar-refractivity contribution in [3.63, 3.8) is 0 Å². The van der Waals surface area contributed by atoms with Gasteiger partial charge in [0.15, 0.2) is 23.5 Å². The minimum Gasteiger partial charge on any atom is -0.463 e. The summed E-state index contributed by atoms with van der Waals surface area (Å²) in [5.74, 6) is -6.88. The molecule has 0 saturated carbocycles. The number of aliphatic hydroxyl groups is 2. The number of ether oxygens (including phenoxy) is 10. The zero-order valence-corrected chi connectivity index (χ0v) is 63.9. The smallest absolute Gasteiger partial charge is 0.407 e. The van der Waals surface area contributed by atoms with Gasteiger partial charge in [0.05, 0.1) is 73.0 Å². The lowest BCUT2D eigenvalue weighted by Crippen LogP contribution is -2.58. The largest absolute Gasteiger partial charge is 0.463 e. The fourth-order valence-corrected chi connectivity index (χ4v) is 15.9. The number of nitrogens with one attached hydrogen (secondary N) is 4. The van der Waals surface area contributed by atoms with E-state index in [1.807, 2.05) is 48.5 Å². The number of methoxy groups -OCH3 is 1. The van der Waals surface area contributed by atoms with E-state index in [0.29, 0.717) is 41.0 Å². The molecule has 3 saturated heterocycles. The van der Waals surface area contributed by atoms with Gasteiger partial charge in [-0.05, 0) is 97.7 Å². The zero-order valence-electron chi connectivity index (χ0n) is 63.1. The number of rotatable bonds is 35. The second kappa shape index (κ2) is 36.5. The fraction of sp³-hybridized carbons (Fsp3) is 0.469. The van der Waals surface area contributed by atoms with Crippen LogP contribution in [0.3, 0.4) is 0 Å². The molecule has 0 bridgehead atoms. The van der Waals surface area contributed by atoms with Crippen LogP contribution in [0.15, 0.2) is 115 Å². The molecule has 5 aromatic rings. The van der Waals surface area contributed by atoms with Crippen molar-refractivity contribution in [2.75, 3.05) is 77.1 Å². The molecule has 5 heterocycles. The van der Waals surface area contributed by atoms with Crippen LogP contribution in [0.4, 0.5) is 10.5 Å². The number of esters is 2. The van der Waals surface area contributed by atoms with Crippen molar-refractivity contribution in [2.45, 2.75) is 153 Å². The third-order valence-electron chi connectivity index (χ3n) is 20.5. The van der Waals surface area contributed by atoms with E-state index in [-0.39, 0.29) is 137 Å². The van der Waals surface area contributed by atoms with Gasteiger partial charge >= 0.3 is 18.0 Å². The molecular weight excluding hydrogens is 1460 g/mol. The highest BCUT2D eigenvalue weighted by molar-refractivity contribution is 8.00. The molecule has 5 aliphatic heterocycles. The lowest BCUT2D eigenvalue weighted by Gasteiger charge is -2.40. The van der Waals surface area contributed by atoms with Crippen LogP contribution in [0.25, 0.3) is 11.1 Å². The lowest BCUT2D eigenvalue weighted by molar-refractivity contribution is -0.282. The van der Waals surface area contributed by atoms with Gasteiger partial charge < -0.3 is 83.7 Å². The molecule has 9 unspecified atom stereocenters. The van der Waals surface area contributed by atoms with E-state index in [0.717, 1.165) is 38.9 Å². The molecule has 12 atom stereocenters. The number of benzene rings is 5. The third-order valence-corrected chi connectivity index (χ3v) is 21.8. The molecule has 6 aliphatic rings. The molecule has 1 spiro atoms. The second-order valence-electron chi connectivity index (χ2n) is 28.7. The van der Waals surface area contributed by atoms with Crippen LogP contribution in [0.5, 0.6) is 23.0 Å². The van der Waals surface area contributed by atoms with Gasteiger partial charge in [-0.15, -0.1) is 11.8 Å². The minimum atomic E-state index is -1.63. The van der Waals surface area contributed by atoms with Crippen LogP contribution in [-0.2, 0) is 81.9 Å². The SMILES string of the molecule is C=C(C)Oc1ccc2c(c1)Oc1cc(OC(C)=O)ccc1C21OC(=O)c2cc(N3C(=O)CC(SCC(NC(=O)OCC4c5ccccc5-c5ccccc54)C(=O)NC(C(=O)N4CCCC4C(=O)CC(C)C(=O)NC(C)C(=O)CCCOCCOCCNC(=O)COCC4O[C@@H](OC)C(O)[C@@H](O)[C@@H]4C)C(C)C)C3=O)ccc21. The summed E-state index contributed by atoms with van der Waals surface area (Å²) in [5, 5.41) is 30.1. The maximum Gasteiger partial charge on any atom is 0.407 e. The molecule has 592 valence electrons. The van der Waals surface area contributed by atoms with E-state index in [1.54, 1.807) is 71.9 Å². The number of Topliss-reactive ketones (excluding diaryl/α,β-unsaturated/α-hetero) is 2. The Morgan fingerprint density at radius 2 is 1.40 bits per heavy atom. The summed E-state index contributed by atoms with van der Waals surface area (Å²) in [6.45, 7) is 15.8. The van der Waals surface area contributed by atoms with E-state index in [2.05, 4.69) is 27.8 Å². The Balaban J connectivity index is 0.685. The van der Waals surface area contributed by atoms with Gasteiger partial charge in [-0.2, -0.15) is 0 Å². The number of thioether (sulfide) groups is 1. The van der Waals surface area contributed by atoms with E-state index in [9.17, 15) is 63.0 Å². The Bertz CT molecular complexity index is 4270. The quantitative estimate of drug-likeness (QED) is 0.00794. The maximum absolute atomic E-state index is 14.9. The van der Waals surface area contributed by atoms with Crippen LogP contribution in [0.1, 0.15) is 131 Å². The van der Waals surface area contributed by atoms with Crippen LogP contribution in [-0.4, -0.2) is 206 Å². The standard InChI is InChI=1S/C81H94N6O23S/c1-43(2)71(77(98)86-29-14-20-62(86)64(90)34-45(5)74(95)83-47(7)63(89)21-15-30-102-32-33-103-31-28-82-69(91)41-104-40-67-46(6)72(93)73(94)79(101-9)109-67)85-75(96)61(84-80(100)105-39-57-54-18-12-10-16-52(54)53-17-11-13-19-55(53)57)42-111-68-38-70(92)87(76(68)97)49-22-25-58-56(35-49)78(99)110-81(58)59-26-23-50(106-44(3)4)36-65(59)108-66-37-51(107-48(8)88)24-27-60(66)81/h10-13,16-19,22-27,35-37,43,45-47,57,61-62,67-68,71-73,79,93-94H,3,14-15,20-21,28-34,38-42H2,1-2,4-9H3,(H,82,91)(H,83,95)(H,84,100)(H,85,96)/t45?,46-,47?,61?,62?,67?,68?,71?,72+,73?,79-,81?/m1/s1. The number of allylic oxidation sites excluding steroid dienone is 1. The van der Waals surface area contributed by atoms with Crippen LogP contribution in [0, 0.1) is 17.8 Å². The number of likely N-dealkylation sites (tertiary alicyclic amines) is 1. The number of alkyl carbamates (subject to hydrolysis) is 1. The summed E-state index contributed by atoms with van der Waals surface area (Å²) in [6, 6.07) is 25.0. The Morgan fingerprint density at radius 1 is 0.739 bits per heavy atom. The third kappa shape index (κ3) is 18.7. The van der Waals surface area contributed by atoms with Gasteiger partial charge in [-0.1, -0.05) is 88.9 Å². The van der Waals surface area contributed by atoms with E-state index in [1.165, 1.54) is 43.2 Å². The first kappa shape index (κ1) is 82.1. The Morgan fingerprint density at radius 3 is 2.05 bits per heavy atom. The number of nitrogens with zero attached hydrogens (tertiary/aromatic N) is 2. The molecule has 6 N–H and O–H groups in total. The maximum atomic E-state index is 14.9. The first-order valence-electron chi connectivity index (χ1n) is 37.1. The second-order valence-corrected chi connectivity index (χ2v) is 30.0. The van der Waals surface area contributed by atoms with Crippen molar-refractivity contribution in [3.05, 3.63) is 149 Å². The molecule has 7 amide bonds. The molecular formula is C81H94N6O23S. The number of carbonyl (C=O) groups is 11. The summed E-state index contributed by atoms with van der Waals surface area (Å²) < 4.78 is 57.1. The lowest BCUT2D eigenvalue weighted by atomic mass is 9.77. The fourth-order valence-electron chi connectivity index (χ4n) is 14.7. The van der Waals surface area contributed by atoms with Gasteiger partial charge in [0.1, 0.15) is 54.4 Å². The molecule has 30 heteroatoms. The average molecular weight is 1550 g/mol. The van der Waals surface area contributed by atoms with Gasteiger partial charge in [0, 0.05) is 105 Å². The number of fused-ring (bicyclic) bond motifs is 9. The van der Waals surface area contributed by atoms with Crippen molar-refractivity contribution >= 4 is 82.5 Å².